The number of rotatable bonds is 5. The largest absolute Gasteiger partial charge is 0.299 e. The predicted octanol–water partition coefficient (Wildman–Crippen LogP) is 1.55. The summed E-state index contributed by atoms with van der Waals surface area (Å²) in [7, 11) is 1.97. The zero-order chi connectivity index (χ0) is 8.85. The van der Waals surface area contributed by atoms with Crippen molar-refractivity contribution in [1.29, 1.82) is 0 Å². The van der Waals surface area contributed by atoms with Crippen LogP contribution in [0.2, 0.25) is 0 Å². The Morgan fingerprint density at radius 3 is 2.36 bits per heavy atom. The molecule has 0 fully saturated rings. The van der Waals surface area contributed by atoms with Crippen molar-refractivity contribution in [2.75, 3.05) is 20.1 Å². The van der Waals surface area contributed by atoms with E-state index in [1.54, 1.807) is 0 Å². The molecule has 2 heteroatoms. The lowest BCUT2D eigenvalue weighted by molar-refractivity contribution is -0.120. The van der Waals surface area contributed by atoms with Crippen molar-refractivity contribution >= 4 is 5.78 Å². The standard InChI is InChI=1S/C9H19NO/c1-5-10(4)7-9(11)6-8(2)3/h8H,5-7H2,1-4H3. The maximum atomic E-state index is 11.2. The maximum absolute atomic E-state index is 11.2. The summed E-state index contributed by atoms with van der Waals surface area (Å²) in [4.78, 5) is 13.2. The second-order valence-corrected chi connectivity index (χ2v) is 3.47. The molecule has 0 aromatic heterocycles. The van der Waals surface area contributed by atoms with Gasteiger partial charge < -0.3 is 0 Å². The molecule has 0 saturated heterocycles. The Bertz CT molecular complexity index is 121. The van der Waals surface area contributed by atoms with E-state index in [2.05, 4.69) is 20.8 Å². The van der Waals surface area contributed by atoms with Gasteiger partial charge in [0, 0.05) is 6.42 Å². The average molecular weight is 157 g/mol. The van der Waals surface area contributed by atoms with Crippen LogP contribution in [0.3, 0.4) is 0 Å². The minimum atomic E-state index is 0.351. The van der Waals surface area contributed by atoms with Gasteiger partial charge in [0.25, 0.3) is 0 Å². The Morgan fingerprint density at radius 2 is 2.00 bits per heavy atom. The number of Topliss-reactive ketones (excluding diaryl/α,β-unsaturated/α-hetero) is 1. The fourth-order valence-electron chi connectivity index (χ4n) is 0.933. The summed E-state index contributed by atoms with van der Waals surface area (Å²) >= 11 is 0. The second-order valence-electron chi connectivity index (χ2n) is 3.47. The molecule has 0 aliphatic rings. The molecular weight excluding hydrogens is 138 g/mol. The first-order valence-corrected chi connectivity index (χ1v) is 4.26. The van der Waals surface area contributed by atoms with Crippen molar-refractivity contribution in [3.05, 3.63) is 0 Å². The lowest BCUT2D eigenvalue weighted by Gasteiger charge is -2.12. The quantitative estimate of drug-likeness (QED) is 0.603. The van der Waals surface area contributed by atoms with Gasteiger partial charge in [0.2, 0.25) is 0 Å². The minimum absolute atomic E-state index is 0.351. The Kier molecular flexibility index (Phi) is 5.12. The van der Waals surface area contributed by atoms with Crippen molar-refractivity contribution in [3.8, 4) is 0 Å². The Balaban J connectivity index is 3.52. The third kappa shape index (κ3) is 6.05. The van der Waals surface area contributed by atoms with Crippen LogP contribution in [0.15, 0.2) is 0 Å². The summed E-state index contributed by atoms with van der Waals surface area (Å²) in [6.45, 7) is 7.76. The molecule has 0 aliphatic heterocycles. The second kappa shape index (κ2) is 5.30. The van der Waals surface area contributed by atoms with Crippen LogP contribution in [-0.4, -0.2) is 30.8 Å². The number of hydrogen-bond donors (Lipinski definition) is 0. The van der Waals surface area contributed by atoms with E-state index >= 15 is 0 Å². The number of likely N-dealkylation sites (N-methyl/N-ethyl adjacent to an activating group) is 1. The third-order valence-corrected chi connectivity index (χ3v) is 1.62. The van der Waals surface area contributed by atoms with Gasteiger partial charge >= 0.3 is 0 Å². The molecule has 66 valence electrons. The molecule has 0 bridgehead atoms. The molecule has 0 aromatic carbocycles. The average Bonchev–Trinajstić information content (AvgIpc) is 1.85. The Hall–Kier alpha value is -0.370. The smallest absolute Gasteiger partial charge is 0.147 e. The van der Waals surface area contributed by atoms with Crippen LogP contribution in [0.5, 0.6) is 0 Å². The van der Waals surface area contributed by atoms with E-state index in [9.17, 15) is 4.79 Å². The number of carbonyl (C=O) groups excluding carboxylic acids is 1. The van der Waals surface area contributed by atoms with Crippen LogP contribution in [0.25, 0.3) is 0 Å². The highest BCUT2D eigenvalue weighted by Crippen LogP contribution is 2.00. The minimum Gasteiger partial charge on any atom is -0.299 e. The molecule has 0 atom stereocenters. The van der Waals surface area contributed by atoms with Crippen LogP contribution in [0, 0.1) is 5.92 Å². The van der Waals surface area contributed by atoms with Gasteiger partial charge in [0.05, 0.1) is 6.54 Å². The van der Waals surface area contributed by atoms with E-state index in [0.717, 1.165) is 6.54 Å². The molecule has 0 N–H and O–H groups in total. The predicted molar refractivity (Wildman–Crippen MR) is 47.6 cm³/mol. The van der Waals surface area contributed by atoms with Gasteiger partial charge in [-0.1, -0.05) is 20.8 Å². The summed E-state index contributed by atoms with van der Waals surface area (Å²) in [5.74, 6) is 0.845. The number of ketones is 1. The number of nitrogens with zero attached hydrogens (tertiary/aromatic N) is 1. The number of carbonyl (C=O) groups is 1. The normalized spacial score (nSPS) is 11.1. The van der Waals surface area contributed by atoms with Gasteiger partial charge in [0.15, 0.2) is 0 Å². The first-order valence-electron chi connectivity index (χ1n) is 4.26. The summed E-state index contributed by atoms with van der Waals surface area (Å²) in [6.07, 6.45) is 0.713. The van der Waals surface area contributed by atoms with Gasteiger partial charge in [-0.3, -0.25) is 9.69 Å². The van der Waals surface area contributed by atoms with Crippen molar-refractivity contribution < 1.29 is 4.79 Å². The highest BCUT2D eigenvalue weighted by Gasteiger charge is 2.06. The zero-order valence-electron chi connectivity index (χ0n) is 8.05. The SMILES string of the molecule is CCN(C)CC(=O)CC(C)C. The summed E-state index contributed by atoms with van der Waals surface area (Å²) in [5.41, 5.74) is 0. The fraction of sp³-hybridized carbons (Fsp3) is 0.889. The Labute approximate surface area is 69.6 Å². The van der Waals surface area contributed by atoms with E-state index in [0.29, 0.717) is 24.7 Å². The van der Waals surface area contributed by atoms with Crippen molar-refractivity contribution in [3.63, 3.8) is 0 Å². The van der Waals surface area contributed by atoms with Gasteiger partial charge in [-0.05, 0) is 19.5 Å². The highest BCUT2D eigenvalue weighted by molar-refractivity contribution is 5.80. The highest BCUT2D eigenvalue weighted by atomic mass is 16.1. The lowest BCUT2D eigenvalue weighted by Crippen LogP contribution is -2.26. The van der Waals surface area contributed by atoms with Gasteiger partial charge in [-0.2, -0.15) is 0 Å². The molecule has 0 saturated carbocycles. The van der Waals surface area contributed by atoms with Crippen LogP contribution in [0.1, 0.15) is 27.2 Å². The van der Waals surface area contributed by atoms with E-state index in [1.807, 2.05) is 11.9 Å². The number of hydrogen-bond acceptors (Lipinski definition) is 2. The van der Waals surface area contributed by atoms with Crippen LogP contribution in [0.4, 0.5) is 0 Å². The summed E-state index contributed by atoms with van der Waals surface area (Å²) in [6, 6.07) is 0. The molecule has 0 rings (SSSR count). The molecule has 0 amide bonds. The molecule has 0 unspecified atom stereocenters. The first-order chi connectivity index (χ1) is 5.06. The molecular formula is C9H19NO. The Morgan fingerprint density at radius 1 is 1.45 bits per heavy atom. The van der Waals surface area contributed by atoms with E-state index < -0.39 is 0 Å². The van der Waals surface area contributed by atoms with Crippen LogP contribution < -0.4 is 0 Å². The van der Waals surface area contributed by atoms with Crippen LogP contribution in [-0.2, 0) is 4.79 Å². The fourth-order valence-corrected chi connectivity index (χ4v) is 0.933. The summed E-state index contributed by atoms with van der Waals surface area (Å²) in [5, 5.41) is 0. The van der Waals surface area contributed by atoms with Crippen LogP contribution >= 0.6 is 0 Å². The lowest BCUT2D eigenvalue weighted by atomic mass is 10.1. The molecule has 0 spiro atoms. The van der Waals surface area contributed by atoms with Gasteiger partial charge in [-0.25, -0.2) is 0 Å². The van der Waals surface area contributed by atoms with Crippen molar-refractivity contribution in [2.24, 2.45) is 5.92 Å². The zero-order valence-corrected chi connectivity index (χ0v) is 8.05. The van der Waals surface area contributed by atoms with Crippen molar-refractivity contribution in [1.82, 2.24) is 4.90 Å². The monoisotopic (exact) mass is 157 g/mol. The molecule has 0 aliphatic carbocycles. The molecule has 11 heavy (non-hydrogen) atoms. The van der Waals surface area contributed by atoms with Gasteiger partial charge in [0.1, 0.15) is 5.78 Å². The van der Waals surface area contributed by atoms with E-state index in [4.69, 9.17) is 0 Å². The maximum Gasteiger partial charge on any atom is 0.147 e. The van der Waals surface area contributed by atoms with Gasteiger partial charge in [-0.15, -0.1) is 0 Å². The first kappa shape index (κ1) is 10.6. The van der Waals surface area contributed by atoms with Crippen molar-refractivity contribution in [2.45, 2.75) is 27.2 Å². The molecule has 2 nitrogen and oxygen atoms in total. The van der Waals surface area contributed by atoms with E-state index in [-0.39, 0.29) is 0 Å². The summed E-state index contributed by atoms with van der Waals surface area (Å²) < 4.78 is 0. The third-order valence-electron chi connectivity index (χ3n) is 1.62. The molecule has 0 radical (unpaired) electrons. The van der Waals surface area contributed by atoms with E-state index in [1.165, 1.54) is 0 Å². The molecule has 0 heterocycles. The molecule has 0 aromatic rings. The topological polar surface area (TPSA) is 20.3 Å².